The van der Waals surface area contributed by atoms with Crippen molar-refractivity contribution < 1.29 is 0 Å². The molecule has 1 aromatic carbocycles. The molecule has 3 rings (SSSR count). The molecule has 0 saturated heterocycles. The molecule has 0 radical (unpaired) electrons. The van der Waals surface area contributed by atoms with E-state index in [0.717, 1.165) is 32.8 Å². The summed E-state index contributed by atoms with van der Waals surface area (Å²) in [7, 11) is 0. The van der Waals surface area contributed by atoms with Gasteiger partial charge in [-0.1, -0.05) is 28.4 Å². The van der Waals surface area contributed by atoms with Crippen LogP contribution >= 0.6 is 34.6 Å². The first-order valence-electron chi connectivity index (χ1n) is 5.90. The number of hydrogen-bond acceptors (Lipinski definition) is 7. The minimum absolute atomic E-state index is 0.804. The maximum atomic E-state index is 4.60. The fourth-order valence-electron chi connectivity index (χ4n) is 1.64. The minimum Gasteiger partial charge on any atom is -0.374 e. The summed E-state index contributed by atoms with van der Waals surface area (Å²) in [6.45, 7) is 2.97. The molecule has 2 heterocycles. The van der Waals surface area contributed by atoms with E-state index in [4.69, 9.17) is 0 Å². The normalized spacial score (nSPS) is 11.0. The van der Waals surface area contributed by atoms with Crippen LogP contribution in [0, 0.1) is 0 Å². The Morgan fingerprint density at radius 3 is 3.05 bits per heavy atom. The van der Waals surface area contributed by atoms with Crippen molar-refractivity contribution in [2.24, 2.45) is 0 Å². The average molecular weight is 308 g/mol. The van der Waals surface area contributed by atoms with E-state index >= 15 is 0 Å². The lowest BCUT2D eigenvalue weighted by Crippen LogP contribution is -1.97. The van der Waals surface area contributed by atoms with Crippen LogP contribution in [-0.4, -0.2) is 21.1 Å². The van der Waals surface area contributed by atoms with Crippen molar-refractivity contribution in [1.29, 1.82) is 0 Å². The van der Waals surface area contributed by atoms with Gasteiger partial charge >= 0.3 is 0 Å². The van der Waals surface area contributed by atoms with Crippen molar-refractivity contribution in [3.05, 3.63) is 30.0 Å². The second-order valence-electron chi connectivity index (χ2n) is 3.82. The zero-order chi connectivity index (χ0) is 13.1. The van der Waals surface area contributed by atoms with E-state index in [0.29, 0.717) is 0 Å². The first-order valence-corrected chi connectivity index (χ1v) is 8.48. The number of aromatic nitrogens is 3. The number of nitrogens with one attached hydrogen (secondary N) is 1. The molecule has 0 atom stereocenters. The summed E-state index contributed by atoms with van der Waals surface area (Å²) in [6.07, 6.45) is 0. The molecule has 0 aliphatic rings. The SMILES string of the molecule is CCNc1snnc1CSc1nc2ccccc2s1. The smallest absolute Gasteiger partial charge is 0.151 e. The highest BCUT2D eigenvalue weighted by Gasteiger charge is 2.09. The summed E-state index contributed by atoms with van der Waals surface area (Å²) < 4.78 is 6.30. The molecular weight excluding hydrogens is 296 g/mol. The maximum absolute atomic E-state index is 4.60. The predicted molar refractivity (Wildman–Crippen MR) is 83.3 cm³/mol. The number of fused-ring (bicyclic) bond motifs is 1. The second-order valence-corrected chi connectivity index (χ2v) is 6.82. The van der Waals surface area contributed by atoms with E-state index in [1.807, 2.05) is 18.2 Å². The van der Waals surface area contributed by atoms with Gasteiger partial charge in [0.15, 0.2) is 4.34 Å². The maximum Gasteiger partial charge on any atom is 0.151 e. The van der Waals surface area contributed by atoms with Crippen LogP contribution in [0.5, 0.6) is 0 Å². The van der Waals surface area contributed by atoms with Crippen LogP contribution in [0.25, 0.3) is 10.2 Å². The van der Waals surface area contributed by atoms with Crippen LogP contribution in [0.3, 0.4) is 0 Å². The van der Waals surface area contributed by atoms with E-state index in [9.17, 15) is 0 Å². The number of hydrogen-bond donors (Lipinski definition) is 1. The lowest BCUT2D eigenvalue weighted by atomic mass is 10.3. The molecule has 98 valence electrons. The lowest BCUT2D eigenvalue weighted by Gasteiger charge is -2.00. The number of thioether (sulfide) groups is 1. The fraction of sp³-hybridized carbons (Fsp3) is 0.250. The molecule has 0 bridgehead atoms. The van der Waals surface area contributed by atoms with Crippen molar-refractivity contribution in [2.75, 3.05) is 11.9 Å². The quantitative estimate of drug-likeness (QED) is 0.725. The van der Waals surface area contributed by atoms with Gasteiger partial charge in [-0.25, -0.2) is 4.98 Å². The van der Waals surface area contributed by atoms with Crippen LogP contribution in [0.1, 0.15) is 12.6 Å². The number of para-hydroxylation sites is 1. The van der Waals surface area contributed by atoms with Crippen molar-refractivity contribution in [2.45, 2.75) is 17.0 Å². The summed E-state index contributed by atoms with van der Waals surface area (Å²) in [5.74, 6) is 0.804. The molecule has 0 aliphatic heterocycles. The molecule has 0 amide bonds. The summed E-state index contributed by atoms with van der Waals surface area (Å²) in [5, 5.41) is 8.51. The summed E-state index contributed by atoms with van der Waals surface area (Å²) in [6, 6.07) is 8.21. The van der Waals surface area contributed by atoms with E-state index in [-0.39, 0.29) is 0 Å². The topological polar surface area (TPSA) is 50.7 Å². The van der Waals surface area contributed by atoms with Crippen LogP contribution < -0.4 is 5.32 Å². The Hall–Kier alpha value is -1.18. The standard InChI is InChI=1S/C12H12N4S3/c1-2-13-11-9(15-16-19-11)7-17-12-14-8-5-3-4-6-10(8)18-12/h3-6,13H,2,7H2,1H3. The van der Waals surface area contributed by atoms with Gasteiger partial charge in [-0.3, -0.25) is 0 Å². The molecule has 19 heavy (non-hydrogen) atoms. The molecule has 3 aromatic rings. The molecule has 0 fully saturated rings. The van der Waals surface area contributed by atoms with Gasteiger partial charge in [0.25, 0.3) is 0 Å². The largest absolute Gasteiger partial charge is 0.374 e. The first kappa shape index (κ1) is 12.8. The Morgan fingerprint density at radius 1 is 1.32 bits per heavy atom. The molecule has 7 heteroatoms. The Bertz CT molecular complexity index is 643. The zero-order valence-electron chi connectivity index (χ0n) is 10.3. The molecule has 2 aromatic heterocycles. The van der Waals surface area contributed by atoms with E-state index in [1.54, 1.807) is 23.1 Å². The van der Waals surface area contributed by atoms with Gasteiger partial charge in [-0.05, 0) is 19.1 Å². The first-order chi connectivity index (χ1) is 9.36. The van der Waals surface area contributed by atoms with E-state index in [1.165, 1.54) is 16.2 Å². The van der Waals surface area contributed by atoms with Crippen LogP contribution in [0.15, 0.2) is 28.6 Å². The van der Waals surface area contributed by atoms with Crippen LogP contribution in [0.2, 0.25) is 0 Å². The van der Waals surface area contributed by atoms with Crippen molar-refractivity contribution in [3.63, 3.8) is 0 Å². The Balaban J connectivity index is 1.73. The highest BCUT2D eigenvalue weighted by molar-refractivity contribution is 8.00. The molecule has 0 aliphatic carbocycles. The molecule has 0 unspecified atom stereocenters. The monoisotopic (exact) mass is 308 g/mol. The molecule has 4 nitrogen and oxygen atoms in total. The third kappa shape index (κ3) is 2.88. The number of anilines is 1. The van der Waals surface area contributed by atoms with Gasteiger partial charge in [0.05, 0.1) is 10.2 Å². The average Bonchev–Trinajstić information content (AvgIpc) is 3.02. The Kier molecular flexibility index (Phi) is 3.95. The van der Waals surface area contributed by atoms with Crippen molar-refractivity contribution in [3.8, 4) is 0 Å². The van der Waals surface area contributed by atoms with Gasteiger partial charge in [0.1, 0.15) is 10.7 Å². The third-order valence-electron chi connectivity index (χ3n) is 2.50. The highest BCUT2D eigenvalue weighted by atomic mass is 32.2. The Labute approximate surface area is 123 Å². The number of thiazole rings is 1. The second kappa shape index (κ2) is 5.85. The molecule has 1 N–H and O–H groups in total. The van der Waals surface area contributed by atoms with Gasteiger partial charge in [-0.15, -0.1) is 16.4 Å². The van der Waals surface area contributed by atoms with Gasteiger partial charge in [-0.2, -0.15) is 0 Å². The highest BCUT2D eigenvalue weighted by Crippen LogP contribution is 2.32. The van der Waals surface area contributed by atoms with Gasteiger partial charge < -0.3 is 5.32 Å². The minimum atomic E-state index is 0.804. The van der Waals surface area contributed by atoms with Crippen LogP contribution in [0.4, 0.5) is 5.00 Å². The predicted octanol–water partition coefficient (Wildman–Crippen LogP) is 3.87. The number of rotatable bonds is 5. The molecule has 0 spiro atoms. The summed E-state index contributed by atoms with van der Waals surface area (Å²) in [4.78, 5) is 4.60. The number of nitrogens with zero attached hydrogens (tertiary/aromatic N) is 3. The summed E-state index contributed by atoms with van der Waals surface area (Å²) >= 11 is 4.85. The Morgan fingerprint density at radius 2 is 2.21 bits per heavy atom. The third-order valence-corrected chi connectivity index (χ3v) is 5.42. The lowest BCUT2D eigenvalue weighted by molar-refractivity contribution is 1.07. The zero-order valence-corrected chi connectivity index (χ0v) is 12.7. The van der Waals surface area contributed by atoms with Crippen LogP contribution in [-0.2, 0) is 5.75 Å². The number of benzene rings is 1. The van der Waals surface area contributed by atoms with E-state index in [2.05, 4.69) is 32.9 Å². The van der Waals surface area contributed by atoms with Gasteiger partial charge in [0.2, 0.25) is 0 Å². The fourth-order valence-corrected chi connectivity index (χ4v) is 4.38. The van der Waals surface area contributed by atoms with E-state index < -0.39 is 0 Å². The van der Waals surface area contributed by atoms with Gasteiger partial charge in [0, 0.05) is 23.8 Å². The van der Waals surface area contributed by atoms with Crippen molar-refractivity contribution in [1.82, 2.24) is 14.6 Å². The molecule has 0 saturated carbocycles. The summed E-state index contributed by atoms with van der Waals surface area (Å²) in [5.41, 5.74) is 2.08. The van der Waals surface area contributed by atoms with Crippen molar-refractivity contribution >= 4 is 49.8 Å². The molecular formula is C12H12N4S3.